The summed E-state index contributed by atoms with van der Waals surface area (Å²) in [5, 5.41) is 0. The van der Waals surface area contributed by atoms with Gasteiger partial charge in [0.25, 0.3) is 0 Å². The molecule has 0 aromatic heterocycles. The van der Waals surface area contributed by atoms with Gasteiger partial charge in [-0.1, -0.05) is 43.7 Å². The molecule has 0 aliphatic carbocycles. The van der Waals surface area contributed by atoms with Crippen LogP contribution in [0.3, 0.4) is 0 Å². The van der Waals surface area contributed by atoms with Crippen molar-refractivity contribution in [2.24, 2.45) is 0 Å². The van der Waals surface area contributed by atoms with Crippen LogP contribution in [0.25, 0.3) is 0 Å². The van der Waals surface area contributed by atoms with Crippen molar-refractivity contribution in [1.29, 1.82) is 0 Å². The van der Waals surface area contributed by atoms with Crippen LogP contribution in [0.4, 0.5) is 0 Å². The molecule has 0 unspecified atom stereocenters. The Morgan fingerprint density at radius 2 is 1.73 bits per heavy atom. The van der Waals surface area contributed by atoms with E-state index in [1.807, 2.05) is 18.2 Å². The summed E-state index contributed by atoms with van der Waals surface area (Å²) < 4.78 is 0. The molecule has 0 radical (unpaired) electrons. The standard InChI is InChI=1S/C9H12S.Li/c1-7(2)8-5-3-4-6-9(8)10;/h3-7,10H,1-2H3;/q;+1/p-1. The van der Waals surface area contributed by atoms with Gasteiger partial charge in [0.2, 0.25) is 0 Å². The van der Waals surface area contributed by atoms with E-state index in [-0.39, 0.29) is 18.9 Å². The third-order valence-corrected chi connectivity index (χ3v) is 1.91. The molecular weight excluding hydrogens is 147 g/mol. The van der Waals surface area contributed by atoms with Gasteiger partial charge in [0.05, 0.1) is 0 Å². The molecular formula is C9H11LiS. The summed E-state index contributed by atoms with van der Waals surface area (Å²) in [5.74, 6) is 0.550. The van der Waals surface area contributed by atoms with Gasteiger partial charge in [-0.25, -0.2) is 0 Å². The van der Waals surface area contributed by atoms with Crippen molar-refractivity contribution in [1.82, 2.24) is 0 Å². The predicted molar refractivity (Wildman–Crippen MR) is 46.2 cm³/mol. The van der Waals surface area contributed by atoms with Gasteiger partial charge in [0.1, 0.15) is 0 Å². The molecule has 54 valence electrons. The summed E-state index contributed by atoms with van der Waals surface area (Å²) in [7, 11) is 0. The Kier molecular flexibility index (Phi) is 4.84. The number of benzene rings is 1. The predicted octanol–water partition coefficient (Wildman–Crippen LogP) is -0.280. The monoisotopic (exact) mass is 158 g/mol. The first-order valence-corrected chi connectivity index (χ1v) is 3.88. The fraction of sp³-hybridized carbons (Fsp3) is 0.333. The van der Waals surface area contributed by atoms with Gasteiger partial charge in [0, 0.05) is 0 Å². The SMILES string of the molecule is CC(C)c1ccccc1[S-].[Li+]. The van der Waals surface area contributed by atoms with Gasteiger partial charge in [-0.3, -0.25) is 0 Å². The maximum absolute atomic E-state index is 5.13. The third kappa shape index (κ3) is 2.87. The van der Waals surface area contributed by atoms with Gasteiger partial charge < -0.3 is 12.6 Å². The van der Waals surface area contributed by atoms with Gasteiger partial charge in [0.15, 0.2) is 0 Å². The minimum absolute atomic E-state index is 0. The average Bonchev–Trinajstić information content (AvgIpc) is 1.88. The topological polar surface area (TPSA) is 0 Å². The molecule has 0 fully saturated rings. The van der Waals surface area contributed by atoms with Gasteiger partial charge in [-0.15, -0.1) is 0 Å². The molecule has 0 saturated heterocycles. The Bertz CT molecular complexity index is 221. The van der Waals surface area contributed by atoms with Gasteiger partial charge >= 0.3 is 18.9 Å². The molecule has 1 rings (SSSR count). The molecule has 0 aliphatic rings. The second kappa shape index (κ2) is 4.82. The first-order valence-electron chi connectivity index (χ1n) is 3.47. The van der Waals surface area contributed by atoms with E-state index in [9.17, 15) is 0 Å². The minimum Gasteiger partial charge on any atom is -0.779 e. The zero-order valence-electron chi connectivity index (χ0n) is 7.29. The smallest absolute Gasteiger partial charge is 0.779 e. The van der Waals surface area contributed by atoms with Crippen LogP contribution >= 0.6 is 0 Å². The summed E-state index contributed by atoms with van der Waals surface area (Å²) >= 11 is 5.13. The molecule has 0 amide bonds. The van der Waals surface area contributed by atoms with Crippen LogP contribution in [0.15, 0.2) is 29.2 Å². The Morgan fingerprint density at radius 3 is 2.09 bits per heavy atom. The molecule has 0 atom stereocenters. The molecule has 0 spiro atoms. The third-order valence-electron chi connectivity index (χ3n) is 1.54. The van der Waals surface area contributed by atoms with Gasteiger partial charge in [-0.05, 0) is 5.92 Å². The maximum Gasteiger partial charge on any atom is 1.00 e. The molecule has 1 aromatic rings. The Morgan fingerprint density at radius 1 is 1.18 bits per heavy atom. The zero-order chi connectivity index (χ0) is 7.56. The fourth-order valence-corrected chi connectivity index (χ4v) is 1.34. The van der Waals surface area contributed by atoms with E-state index in [0.29, 0.717) is 5.92 Å². The molecule has 0 nitrogen and oxygen atoms in total. The van der Waals surface area contributed by atoms with Crippen LogP contribution < -0.4 is 18.9 Å². The maximum atomic E-state index is 5.13. The number of hydrogen-bond donors (Lipinski definition) is 0. The van der Waals surface area contributed by atoms with Crippen LogP contribution in [-0.2, 0) is 12.6 Å². The molecule has 0 heterocycles. The normalized spacial score (nSPS) is 9.36. The first-order chi connectivity index (χ1) is 4.72. The van der Waals surface area contributed by atoms with E-state index < -0.39 is 0 Å². The molecule has 11 heavy (non-hydrogen) atoms. The molecule has 0 aliphatic heterocycles. The molecule has 0 bridgehead atoms. The van der Waals surface area contributed by atoms with Crippen LogP contribution in [0.1, 0.15) is 25.3 Å². The summed E-state index contributed by atoms with van der Waals surface area (Å²) in [6, 6.07) is 8.08. The van der Waals surface area contributed by atoms with Crippen molar-refractivity contribution in [2.75, 3.05) is 0 Å². The van der Waals surface area contributed by atoms with Crippen LogP contribution in [-0.4, -0.2) is 0 Å². The molecule has 2 heteroatoms. The molecule has 0 N–H and O–H groups in total. The largest absolute Gasteiger partial charge is 1.00 e. The Labute approximate surface area is 86.0 Å². The Balaban J connectivity index is 0.000001000. The van der Waals surface area contributed by atoms with E-state index in [1.54, 1.807) is 0 Å². The van der Waals surface area contributed by atoms with E-state index in [2.05, 4.69) is 19.9 Å². The summed E-state index contributed by atoms with van der Waals surface area (Å²) in [6.45, 7) is 4.32. The second-order valence-electron chi connectivity index (χ2n) is 2.69. The van der Waals surface area contributed by atoms with Crippen molar-refractivity contribution in [3.63, 3.8) is 0 Å². The van der Waals surface area contributed by atoms with Crippen molar-refractivity contribution in [2.45, 2.75) is 24.7 Å². The van der Waals surface area contributed by atoms with E-state index >= 15 is 0 Å². The van der Waals surface area contributed by atoms with Crippen molar-refractivity contribution in [3.8, 4) is 0 Å². The van der Waals surface area contributed by atoms with E-state index in [0.717, 1.165) is 4.90 Å². The quantitative estimate of drug-likeness (QED) is 0.400. The number of hydrogen-bond acceptors (Lipinski definition) is 1. The van der Waals surface area contributed by atoms with Crippen LogP contribution in [0.5, 0.6) is 0 Å². The molecule has 1 aromatic carbocycles. The number of rotatable bonds is 1. The Hall–Kier alpha value is 0.0374. The van der Waals surface area contributed by atoms with E-state index in [4.69, 9.17) is 12.6 Å². The average molecular weight is 158 g/mol. The summed E-state index contributed by atoms with van der Waals surface area (Å²) in [4.78, 5) is 0.984. The first kappa shape index (κ1) is 11.0. The van der Waals surface area contributed by atoms with Crippen molar-refractivity contribution < 1.29 is 18.9 Å². The fourth-order valence-electron chi connectivity index (χ4n) is 0.958. The minimum atomic E-state index is 0. The van der Waals surface area contributed by atoms with E-state index in [1.165, 1.54) is 5.56 Å². The van der Waals surface area contributed by atoms with Crippen molar-refractivity contribution >= 4 is 12.6 Å². The summed E-state index contributed by atoms with van der Waals surface area (Å²) in [6.07, 6.45) is 0. The second-order valence-corrected chi connectivity index (χ2v) is 3.13. The van der Waals surface area contributed by atoms with Crippen LogP contribution in [0.2, 0.25) is 0 Å². The van der Waals surface area contributed by atoms with Gasteiger partial charge in [-0.2, -0.15) is 4.90 Å². The molecule has 0 saturated carbocycles. The zero-order valence-corrected chi connectivity index (χ0v) is 8.11. The van der Waals surface area contributed by atoms with Crippen molar-refractivity contribution in [3.05, 3.63) is 29.8 Å². The summed E-state index contributed by atoms with van der Waals surface area (Å²) in [5.41, 5.74) is 1.28. The van der Waals surface area contributed by atoms with Crippen LogP contribution in [0, 0.1) is 0 Å².